The van der Waals surface area contributed by atoms with Gasteiger partial charge in [0.25, 0.3) is 0 Å². The summed E-state index contributed by atoms with van der Waals surface area (Å²) in [5.74, 6) is 2.82. The molecule has 32 heavy (non-hydrogen) atoms. The Balaban J connectivity index is 2.09. The number of rotatable bonds is 10. The number of ether oxygens (including phenoxy) is 5. The lowest BCUT2D eigenvalue weighted by Crippen LogP contribution is -2.31. The second kappa shape index (κ2) is 11.2. The summed E-state index contributed by atoms with van der Waals surface area (Å²) in [4.78, 5) is 2.49. The predicted octanol–water partition coefficient (Wildman–Crippen LogP) is 4.44. The number of methoxy groups -OCH3 is 5. The molecule has 7 heteroatoms. The molecule has 0 aliphatic carbocycles. The Morgan fingerprint density at radius 1 is 0.781 bits per heavy atom. The minimum absolute atomic E-state index is 0.138. The maximum absolute atomic E-state index is 11.0. The van der Waals surface area contributed by atoms with Gasteiger partial charge >= 0.3 is 0 Å². The Morgan fingerprint density at radius 2 is 1.41 bits per heavy atom. The summed E-state index contributed by atoms with van der Waals surface area (Å²) in [7, 11) is 7.98. The van der Waals surface area contributed by atoms with Crippen LogP contribution >= 0.6 is 0 Å². The molecule has 0 bridgehead atoms. The molecule has 0 unspecified atom stereocenters. The van der Waals surface area contributed by atoms with E-state index < -0.39 is 0 Å². The van der Waals surface area contributed by atoms with Gasteiger partial charge in [0.2, 0.25) is 5.75 Å². The van der Waals surface area contributed by atoms with E-state index >= 15 is 0 Å². The fraction of sp³-hybridized carbons (Fsp3) is 0.520. The Kier molecular flexibility index (Phi) is 8.33. The Labute approximate surface area is 190 Å². The van der Waals surface area contributed by atoms with E-state index in [2.05, 4.69) is 4.90 Å². The van der Waals surface area contributed by atoms with E-state index in [-0.39, 0.29) is 11.7 Å². The van der Waals surface area contributed by atoms with Crippen molar-refractivity contribution in [3.63, 3.8) is 0 Å². The Bertz CT molecular complexity index is 869. The van der Waals surface area contributed by atoms with Gasteiger partial charge in [-0.25, -0.2) is 0 Å². The standard InChI is InChI=1S/C25H35NO6/c1-28-18-15-20(27)24(21(16-18)29-2)19(9-12-26-10-7-6-8-11-26)17-13-22(30-3)25(32-5)23(14-17)31-4/h13-16,19,27H,6-12H2,1-5H3/t19-/m1/s1. The lowest BCUT2D eigenvalue weighted by Gasteiger charge is -2.29. The van der Waals surface area contributed by atoms with Gasteiger partial charge in [-0.2, -0.15) is 0 Å². The van der Waals surface area contributed by atoms with Gasteiger partial charge in [-0.15, -0.1) is 0 Å². The van der Waals surface area contributed by atoms with Crippen LogP contribution in [0.3, 0.4) is 0 Å². The van der Waals surface area contributed by atoms with Crippen molar-refractivity contribution >= 4 is 0 Å². The predicted molar refractivity (Wildman–Crippen MR) is 124 cm³/mol. The highest BCUT2D eigenvalue weighted by atomic mass is 16.5. The quantitative estimate of drug-likeness (QED) is 0.580. The molecule has 3 rings (SSSR count). The molecule has 1 aliphatic heterocycles. The van der Waals surface area contributed by atoms with Gasteiger partial charge < -0.3 is 33.7 Å². The smallest absolute Gasteiger partial charge is 0.203 e. The fourth-order valence-electron chi connectivity index (χ4n) is 4.50. The van der Waals surface area contributed by atoms with Crippen molar-refractivity contribution in [1.29, 1.82) is 0 Å². The van der Waals surface area contributed by atoms with Crippen LogP contribution in [0.15, 0.2) is 24.3 Å². The van der Waals surface area contributed by atoms with E-state index in [1.54, 1.807) is 47.7 Å². The first kappa shape index (κ1) is 23.9. The van der Waals surface area contributed by atoms with Crippen LogP contribution in [-0.2, 0) is 0 Å². The van der Waals surface area contributed by atoms with Gasteiger partial charge in [0.1, 0.15) is 17.2 Å². The van der Waals surface area contributed by atoms with E-state index in [0.29, 0.717) is 28.7 Å². The highest BCUT2D eigenvalue weighted by Gasteiger charge is 2.27. The van der Waals surface area contributed by atoms with Crippen molar-refractivity contribution in [3.05, 3.63) is 35.4 Å². The van der Waals surface area contributed by atoms with Crippen LogP contribution in [0, 0.1) is 0 Å². The lowest BCUT2D eigenvalue weighted by molar-refractivity contribution is 0.222. The molecule has 176 valence electrons. The molecule has 7 nitrogen and oxygen atoms in total. The number of hydrogen-bond acceptors (Lipinski definition) is 7. The maximum Gasteiger partial charge on any atom is 0.203 e. The molecule has 0 amide bonds. The van der Waals surface area contributed by atoms with Crippen LogP contribution in [-0.4, -0.2) is 65.2 Å². The molecule has 0 spiro atoms. The number of phenolic OH excluding ortho intramolecular Hbond substituents is 1. The average molecular weight is 446 g/mol. The van der Waals surface area contributed by atoms with E-state index in [9.17, 15) is 5.11 Å². The first-order chi connectivity index (χ1) is 15.6. The molecular formula is C25H35NO6. The zero-order valence-corrected chi connectivity index (χ0v) is 19.8. The topological polar surface area (TPSA) is 69.6 Å². The van der Waals surface area contributed by atoms with Crippen LogP contribution in [0.25, 0.3) is 0 Å². The van der Waals surface area contributed by atoms with E-state index in [4.69, 9.17) is 23.7 Å². The van der Waals surface area contributed by atoms with Gasteiger partial charge in [0.05, 0.1) is 35.5 Å². The molecule has 0 radical (unpaired) electrons. The third-order valence-electron chi connectivity index (χ3n) is 6.17. The highest BCUT2D eigenvalue weighted by Crippen LogP contribution is 2.47. The maximum atomic E-state index is 11.0. The fourth-order valence-corrected chi connectivity index (χ4v) is 4.50. The first-order valence-corrected chi connectivity index (χ1v) is 11.0. The second-order valence-corrected chi connectivity index (χ2v) is 7.96. The number of likely N-dealkylation sites (tertiary alicyclic amines) is 1. The number of piperidine rings is 1. The van der Waals surface area contributed by atoms with Gasteiger partial charge in [-0.1, -0.05) is 6.42 Å². The third-order valence-corrected chi connectivity index (χ3v) is 6.17. The minimum atomic E-state index is -0.147. The number of phenols is 1. The van der Waals surface area contributed by atoms with Gasteiger partial charge in [-0.05, 0) is 56.6 Å². The number of aromatic hydroxyl groups is 1. The first-order valence-electron chi connectivity index (χ1n) is 11.0. The second-order valence-electron chi connectivity index (χ2n) is 7.96. The molecule has 1 aliphatic rings. The average Bonchev–Trinajstić information content (AvgIpc) is 2.84. The van der Waals surface area contributed by atoms with Gasteiger partial charge in [0.15, 0.2) is 11.5 Å². The summed E-state index contributed by atoms with van der Waals surface area (Å²) in [6.45, 7) is 3.12. The van der Waals surface area contributed by atoms with Crippen LogP contribution in [0.4, 0.5) is 0 Å². The van der Waals surface area contributed by atoms with Crippen LogP contribution in [0.1, 0.15) is 42.7 Å². The van der Waals surface area contributed by atoms with E-state index in [0.717, 1.165) is 37.2 Å². The normalized spacial score (nSPS) is 15.2. The summed E-state index contributed by atoms with van der Waals surface area (Å²) < 4.78 is 27.7. The molecule has 2 aromatic rings. The molecular weight excluding hydrogens is 410 g/mol. The highest BCUT2D eigenvalue weighted by molar-refractivity contribution is 5.59. The van der Waals surface area contributed by atoms with Crippen LogP contribution in [0.2, 0.25) is 0 Å². The summed E-state index contributed by atoms with van der Waals surface area (Å²) >= 11 is 0. The summed E-state index contributed by atoms with van der Waals surface area (Å²) in [5, 5.41) is 11.0. The van der Waals surface area contributed by atoms with Crippen LogP contribution < -0.4 is 23.7 Å². The molecule has 1 N–H and O–H groups in total. The minimum Gasteiger partial charge on any atom is -0.507 e. The summed E-state index contributed by atoms with van der Waals surface area (Å²) in [6.07, 6.45) is 4.55. The van der Waals surface area contributed by atoms with Crippen molar-refractivity contribution in [2.75, 3.05) is 55.2 Å². The SMILES string of the molecule is COc1cc(O)c([C@H](CCN2CCCCC2)c2cc(OC)c(OC)c(OC)c2)c(OC)c1. The van der Waals surface area contributed by atoms with Crippen molar-refractivity contribution < 1.29 is 28.8 Å². The molecule has 0 aromatic heterocycles. The van der Waals surface area contributed by atoms with Crippen molar-refractivity contribution in [2.24, 2.45) is 0 Å². The zero-order chi connectivity index (χ0) is 23.1. The molecule has 2 aromatic carbocycles. The van der Waals surface area contributed by atoms with Crippen LogP contribution in [0.5, 0.6) is 34.5 Å². The summed E-state index contributed by atoms with van der Waals surface area (Å²) in [6, 6.07) is 7.33. The lowest BCUT2D eigenvalue weighted by atomic mass is 9.86. The van der Waals surface area contributed by atoms with Gasteiger partial charge in [-0.3, -0.25) is 0 Å². The van der Waals surface area contributed by atoms with Crippen molar-refractivity contribution in [3.8, 4) is 34.5 Å². The molecule has 0 saturated carbocycles. The molecule has 1 atom stereocenters. The third kappa shape index (κ3) is 5.15. The molecule has 1 saturated heterocycles. The number of hydrogen-bond donors (Lipinski definition) is 1. The van der Waals surface area contributed by atoms with E-state index in [1.165, 1.54) is 19.3 Å². The monoisotopic (exact) mass is 445 g/mol. The Hall–Kier alpha value is -2.80. The number of benzene rings is 2. The molecule has 1 heterocycles. The van der Waals surface area contributed by atoms with Crippen molar-refractivity contribution in [1.82, 2.24) is 4.90 Å². The van der Waals surface area contributed by atoms with Gasteiger partial charge in [0, 0.05) is 23.6 Å². The summed E-state index contributed by atoms with van der Waals surface area (Å²) in [5.41, 5.74) is 1.68. The Morgan fingerprint density at radius 3 is 1.94 bits per heavy atom. The number of nitrogens with zero attached hydrogens (tertiary/aromatic N) is 1. The van der Waals surface area contributed by atoms with Crippen molar-refractivity contribution in [2.45, 2.75) is 31.6 Å². The van der Waals surface area contributed by atoms with E-state index in [1.807, 2.05) is 12.1 Å². The largest absolute Gasteiger partial charge is 0.507 e. The molecule has 1 fully saturated rings. The zero-order valence-electron chi connectivity index (χ0n) is 19.8.